The molecule has 1 aromatic heterocycles. The molecule has 0 amide bonds. The van der Waals surface area contributed by atoms with Gasteiger partial charge in [-0.25, -0.2) is 4.98 Å². The highest BCUT2D eigenvalue weighted by molar-refractivity contribution is 6.08. The second-order valence-corrected chi connectivity index (χ2v) is 3.83. The normalized spacial score (nSPS) is 9.95. The van der Waals surface area contributed by atoms with Crippen molar-refractivity contribution in [1.82, 2.24) is 9.97 Å². The third-order valence-electron chi connectivity index (χ3n) is 2.72. The maximum atomic E-state index is 12.3. The van der Waals surface area contributed by atoms with Crippen molar-refractivity contribution in [3.05, 3.63) is 42.0 Å². The second-order valence-electron chi connectivity index (χ2n) is 3.83. The van der Waals surface area contributed by atoms with Crippen molar-refractivity contribution in [2.24, 2.45) is 0 Å². The van der Waals surface area contributed by atoms with Gasteiger partial charge in [0, 0.05) is 18.0 Å². The van der Waals surface area contributed by atoms with Crippen molar-refractivity contribution in [2.45, 2.75) is 0 Å². The zero-order valence-corrected chi connectivity index (χ0v) is 11.4. The summed E-state index contributed by atoms with van der Waals surface area (Å²) in [7, 11) is 4.49. The van der Waals surface area contributed by atoms with Crippen LogP contribution >= 0.6 is 0 Å². The molecule has 1 aromatic carbocycles. The van der Waals surface area contributed by atoms with Crippen LogP contribution in [0.2, 0.25) is 0 Å². The first-order valence-corrected chi connectivity index (χ1v) is 5.82. The van der Waals surface area contributed by atoms with Gasteiger partial charge in [0.15, 0.2) is 11.5 Å². The molecule has 0 fully saturated rings. The van der Waals surface area contributed by atoms with Gasteiger partial charge in [-0.2, -0.15) is 0 Å². The number of carbonyl (C=O) groups excluding carboxylic acids is 1. The SMILES string of the molecule is COc1cc(C(=O)c2cnccn2)cc(OC)c1OC. The number of rotatable bonds is 5. The van der Waals surface area contributed by atoms with E-state index in [1.807, 2.05) is 0 Å². The van der Waals surface area contributed by atoms with E-state index < -0.39 is 0 Å². The summed E-state index contributed by atoms with van der Waals surface area (Å²) in [6.45, 7) is 0. The predicted molar refractivity (Wildman–Crippen MR) is 71.6 cm³/mol. The van der Waals surface area contributed by atoms with Crippen LogP contribution in [-0.2, 0) is 0 Å². The third kappa shape index (κ3) is 2.54. The van der Waals surface area contributed by atoms with Gasteiger partial charge in [-0.3, -0.25) is 9.78 Å². The van der Waals surface area contributed by atoms with Gasteiger partial charge in [-0.1, -0.05) is 0 Å². The summed E-state index contributed by atoms with van der Waals surface area (Å²) in [6, 6.07) is 3.16. The van der Waals surface area contributed by atoms with Crippen LogP contribution in [0.3, 0.4) is 0 Å². The molecule has 0 atom stereocenters. The van der Waals surface area contributed by atoms with Crippen LogP contribution in [0.25, 0.3) is 0 Å². The number of nitrogens with zero attached hydrogens (tertiary/aromatic N) is 2. The van der Waals surface area contributed by atoms with E-state index in [0.29, 0.717) is 22.8 Å². The smallest absolute Gasteiger partial charge is 0.213 e. The number of ketones is 1. The van der Waals surface area contributed by atoms with Crippen molar-refractivity contribution in [2.75, 3.05) is 21.3 Å². The number of ether oxygens (including phenoxy) is 3. The minimum absolute atomic E-state index is 0.252. The summed E-state index contributed by atoms with van der Waals surface area (Å²) < 4.78 is 15.6. The molecule has 0 saturated heterocycles. The highest BCUT2D eigenvalue weighted by Crippen LogP contribution is 2.38. The lowest BCUT2D eigenvalue weighted by molar-refractivity contribution is 0.103. The third-order valence-corrected chi connectivity index (χ3v) is 2.72. The summed E-state index contributed by atoms with van der Waals surface area (Å²) in [5.74, 6) is 1.00. The first-order valence-electron chi connectivity index (χ1n) is 5.82. The molecule has 6 nitrogen and oxygen atoms in total. The standard InChI is InChI=1S/C14H14N2O4/c1-18-11-6-9(7-12(19-2)14(11)20-3)13(17)10-8-15-4-5-16-10/h4-8H,1-3H3. The maximum absolute atomic E-state index is 12.3. The van der Waals surface area contributed by atoms with E-state index in [-0.39, 0.29) is 11.5 Å². The molecule has 0 radical (unpaired) electrons. The largest absolute Gasteiger partial charge is 0.493 e. The first kappa shape index (κ1) is 13.8. The van der Waals surface area contributed by atoms with Crippen molar-refractivity contribution < 1.29 is 19.0 Å². The Labute approximate surface area is 116 Å². The van der Waals surface area contributed by atoms with Crippen LogP contribution in [0.5, 0.6) is 17.2 Å². The molecular formula is C14H14N2O4. The van der Waals surface area contributed by atoms with Gasteiger partial charge in [-0.15, -0.1) is 0 Å². The fourth-order valence-corrected chi connectivity index (χ4v) is 1.78. The van der Waals surface area contributed by atoms with E-state index >= 15 is 0 Å². The van der Waals surface area contributed by atoms with E-state index in [0.717, 1.165) is 0 Å². The molecule has 0 aliphatic rings. The Morgan fingerprint density at radius 3 is 2.10 bits per heavy atom. The molecular weight excluding hydrogens is 260 g/mol. The summed E-state index contributed by atoms with van der Waals surface area (Å²) in [6.07, 6.45) is 4.38. The van der Waals surface area contributed by atoms with Gasteiger partial charge in [0.05, 0.1) is 27.5 Å². The topological polar surface area (TPSA) is 70.5 Å². The molecule has 0 spiro atoms. The number of aromatic nitrogens is 2. The number of hydrogen-bond acceptors (Lipinski definition) is 6. The Bertz CT molecular complexity index is 589. The highest BCUT2D eigenvalue weighted by atomic mass is 16.5. The second kappa shape index (κ2) is 6.01. The molecule has 6 heteroatoms. The van der Waals surface area contributed by atoms with Crippen LogP contribution in [0, 0.1) is 0 Å². The highest BCUT2D eigenvalue weighted by Gasteiger charge is 2.18. The lowest BCUT2D eigenvalue weighted by Crippen LogP contribution is -2.06. The lowest BCUT2D eigenvalue weighted by Gasteiger charge is -2.13. The first-order chi connectivity index (χ1) is 9.71. The van der Waals surface area contributed by atoms with Gasteiger partial charge in [0.1, 0.15) is 5.69 Å². The molecule has 0 unspecified atom stereocenters. The molecule has 20 heavy (non-hydrogen) atoms. The van der Waals surface area contributed by atoms with E-state index in [9.17, 15) is 4.79 Å². The van der Waals surface area contributed by atoms with Crippen molar-refractivity contribution >= 4 is 5.78 Å². The van der Waals surface area contributed by atoms with Crippen LogP contribution in [0.4, 0.5) is 0 Å². The summed E-state index contributed by atoms with van der Waals surface area (Å²) in [5.41, 5.74) is 0.641. The fraction of sp³-hybridized carbons (Fsp3) is 0.214. The zero-order valence-electron chi connectivity index (χ0n) is 11.4. The molecule has 0 saturated carbocycles. The Morgan fingerprint density at radius 1 is 1.00 bits per heavy atom. The molecule has 0 aliphatic heterocycles. The van der Waals surface area contributed by atoms with Gasteiger partial charge in [-0.05, 0) is 12.1 Å². The Kier molecular flexibility index (Phi) is 4.14. The summed E-state index contributed by atoms with van der Waals surface area (Å²) in [5, 5.41) is 0. The van der Waals surface area contributed by atoms with Gasteiger partial charge < -0.3 is 14.2 Å². The summed E-state index contributed by atoms with van der Waals surface area (Å²) in [4.78, 5) is 20.2. The minimum Gasteiger partial charge on any atom is -0.493 e. The molecule has 1 heterocycles. The number of carbonyl (C=O) groups is 1. The van der Waals surface area contributed by atoms with Crippen molar-refractivity contribution in [3.63, 3.8) is 0 Å². The minimum atomic E-state index is -0.266. The molecule has 0 aliphatic carbocycles. The maximum Gasteiger partial charge on any atom is 0.213 e. The number of methoxy groups -OCH3 is 3. The van der Waals surface area contributed by atoms with Crippen LogP contribution in [0.15, 0.2) is 30.7 Å². The van der Waals surface area contributed by atoms with Gasteiger partial charge >= 0.3 is 0 Å². The van der Waals surface area contributed by atoms with Crippen LogP contribution in [-0.4, -0.2) is 37.1 Å². The Balaban J connectivity index is 2.50. The van der Waals surface area contributed by atoms with E-state index in [2.05, 4.69) is 9.97 Å². The lowest BCUT2D eigenvalue weighted by atomic mass is 10.1. The average Bonchev–Trinajstić information content (AvgIpc) is 2.53. The average molecular weight is 274 g/mol. The summed E-state index contributed by atoms with van der Waals surface area (Å²) >= 11 is 0. The number of hydrogen-bond donors (Lipinski definition) is 0. The van der Waals surface area contributed by atoms with Gasteiger partial charge in [0.2, 0.25) is 11.5 Å². The van der Waals surface area contributed by atoms with Crippen molar-refractivity contribution in [3.8, 4) is 17.2 Å². The molecule has 0 bridgehead atoms. The Morgan fingerprint density at radius 2 is 1.65 bits per heavy atom. The molecule has 104 valence electrons. The van der Waals surface area contributed by atoms with E-state index in [1.165, 1.54) is 39.9 Å². The van der Waals surface area contributed by atoms with Crippen LogP contribution < -0.4 is 14.2 Å². The number of benzene rings is 1. The predicted octanol–water partition coefficient (Wildman–Crippen LogP) is 1.73. The fourth-order valence-electron chi connectivity index (χ4n) is 1.78. The van der Waals surface area contributed by atoms with E-state index in [1.54, 1.807) is 12.1 Å². The molecule has 2 aromatic rings. The Hall–Kier alpha value is -2.63. The van der Waals surface area contributed by atoms with Gasteiger partial charge in [0.25, 0.3) is 0 Å². The quantitative estimate of drug-likeness (QED) is 0.773. The molecule has 2 rings (SSSR count). The van der Waals surface area contributed by atoms with E-state index in [4.69, 9.17) is 14.2 Å². The van der Waals surface area contributed by atoms with Crippen molar-refractivity contribution in [1.29, 1.82) is 0 Å². The zero-order chi connectivity index (χ0) is 14.5. The monoisotopic (exact) mass is 274 g/mol. The molecule has 0 N–H and O–H groups in total. The van der Waals surface area contributed by atoms with Crippen LogP contribution in [0.1, 0.15) is 16.1 Å².